The molecule has 2 N–H and O–H groups in total. The van der Waals surface area contributed by atoms with Crippen LogP contribution in [0.5, 0.6) is 0 Å². The molecule has 2 atom stereocenters. The quantitative estimate of drug-likeness (QED) is 0.449. The Kier molecular flexibility index (Phi) is 9.22. The Hall–Kier alpha value is -4.13. The van der Waals surface area contributed by atoms with E-state index in [1.807, 2.05) is 91.0 Å². The third-order valence-corrected chi connectivity index (χ3v) is 5.04. The van der Waals surface area contributed by atoms with Crippen molar-refractivity contribution in [3.63, 3.8) is 0 Å². The smallest absolute Gasteiger partial charge is 0.408 e. The summed E-state index contributed by atoms with van der Waals surface area (Å²) in [6.45, 7) is 1.73. The number of ether oxygens (including phenoxy) is 2. The third-order valence-electron chi connectivity index (χ3n) is 5.04. The highest BCUT2D eigenvalue weighted by Gasteiger charge is 2.26. The van der Waals surface area contributed by atoms with Crippen molar-refractivity contribution in [2.45, 2.75) is 38.6 Å². The van der Waals surface area contributed by atoms with E-state index in [0.29, 0.717) is 0 Å². The van der Waals surface area contributed by atoms with Gasteiger partial charge in [-0.3, -0.25) is 4.79 Å². The number of hydrogen-bond acceptors (Lipinski definition) is 5. The van der Waals surface area contributed by atoms with Gasteiger partial charge in [-0.05, 0) is 23.6 Å². The summed E-state index contributed by atoms with van der Waals surface area (Å²) in [4.78, 5) is 37.7. The van der Waals surface area contributed by atoms with Crippen LogP contribution >= 0.6 is 0 Å². The zero-order chi connectivity index (χ0) is 24.2. The van der Waals surface area contributed by atoms with Gasteiger partial charge < -0.3 is 20.1 Å². The van der Waals surface area contributed by atoms with Gasteiger partial charge in [-0.1, -0.05) is 91.0 Å². The monoisotopic (exact) mass is 460 g/mol. The Labute approximate surface area is 199 Å². The van der Waals surface area contributed by atoms with E-state index < -0.39 is 30.1 Å². The van der Waals surface area contributed by atoms with Crippen LogP contribution < -0.4 is 10.6 Å². The van der Waals surface area contributed by atoms with Crippen LogP contribution in [0, 0.1) is 0 Å². The number of carbonyl (C=O) groups excluding carboxylic acids is 3. The fourth-order valence-corrected chi connectivity index (χ4v) is 3.19. The maximum Gasteiger partial charge on any atom is 0.408 e. The van der Waals surface area contributed by atoms with Crippen molar-refractivity contribution in [1.82, 2.24) is 10.6 Å². The Morgan fingerprint density at radius 3 is 1.68 bits per heavy atom. The van der Waals surface area contributed by atoms with E-state index in [4.69, 9.17) is 9.47 Å². The number of carbonyl (C=O) groups is 3. The van der Waals surface area contributed by atoms with E-state index in [-0.39, 0.29) is 19.6 Å². The summed E-state index contributed by atoms with van der Waals surface area (Å²) in [5.74, 6) is -1.08. The van der Waals surface area contributed by atoms with Crippen LogP contribution in [-0.4, -0.2) is 30.1 Å². The molecule has 0 aromatic heterocycles. The van der Waals surface area contributed by atoms with Crippen LogP contribution in [-0.2, 0) is 38.7 Å². The second-order valence-corrected chi connectivity index (χ2v) is 7.77. The van der Waals surface area contributed by atoms with E-state index in [1.54, 1.807) is 6.92 Å². The van der Waals surface area contributed by atoms with Crippen molar-refractivity contribution in [3.05, 3.63) is 108 Å². The van der Waals surface area contributed by atoms with Gasteiger partial charge in [-0.25, -0.2) is 9.59 Å². The van der Waals surface area contributed by atoms with Crippen LogP contribution in [0.2, 0.25) is 0 Å². The van der Waals surface area contributed by atoms with Gasteiger partial charge in [-0.2, -0.15) is 0 Å². The van der Waals surface area contributed by atoms with Gasteiger partial charge in [0.25, 0.3) is 0 Å². The Bertz CT molecular complexity index is 1060. The molecule has 34 heavy (non-hydrogen) atoms. The highest BCUT2D eigenvalue weighted by molar-refractivity contribution is 5.89. The molecule has 0 saturated carbocycles. The molecule has 2 amide bonds. The number of amides is 2. The van der Waals surface area contributed by atoms with E-state index in [0.717, 1.165) is 16.7 Å². The molecule has 7 nitrogen and oxygen atoms in total. The van der Waals surface area contributed by atoms with Gasteiger partial charge in [0.2, 0.25) is 5.91 Å². The van der Waals surface area contributed by atoms with Crippen LogP contribution in [0.4, 0.5) is 4.79 Å². The van der Waals surface area contributed by atoms with Gasteiger partial charge in [0.1, 0.15) is 25.3 Å². The number of rotatable bonds is 10. The van der Waals surface area contributed by atoms with Crippen LogP contribution in [0.15, 0.2) is 91.0 Å². The predicted octanol–water partition coefficient (Wildman–Crippen LogP) is 3.77. The largest absolute Gasteiger partial charge is 0.459 e. The van der Waals surface area contributed by atoms with E-state index in [1.165, 1.54) is 0 Å². The van der Waals surface area contributed by atoms with E-state index >= 15 is 0 Å². The lowest BCUT2D eigenvalue weighted by atomic mass is 10.1. The summed E-state index contributed by atoms with van der Waals surface area (Å²) < 4.78 is 10.6. The minimum Gasteiger partial charge on any atom is -0.459 e. The van der Waals surface area contributed by atoms with E-state index in [2.05, 4.69) is 10.6 Å². The molecule has 3 aromatic carbocycles. The maximum atomic E-state index is 13.0. The van der Waals surface area contributed by atoms with Crippen molar-refractivity contribution in [1.29, 1.82) is 0 Å². The zero-order valence-corrected chi connectivity index (χ0v) is 19.0. The molecule has 176 valence electrons. The maximum absolute atomic E-state index is 13.0. The Balaban J connectivity index is 1.57. The Morgan fingerprint density at radius 1 is 0.676 bits per heavy atom. The molecule has 0 spiro atoms. The predicted molar refractivity (Wildman–Crippen MR) is 128 cm³/mol. The molecule has 0 aliphatic heterocycles. The van der Waals surface area contributed by atoms with Gasteiger partial charge in [0.15, 0.2) is 0 Å². The number of nitrogens with one attached hydrogen (secondary N) is 2. The second kappa shape index (κ2) is 12.8. The van der Waals surface area contributed by atoms with Gasteiger partial charge in [0, 0.05) is 6.42 Å². The van der Waals surface area contributed by atoms with Crippen LogP contribution in [0.3, 0.4) is 0 Å². The van der Waals surface area contributed by atoms with Crippen molar-refractivity contribution in [3.8, 4) is 0 Å². The van der Waals surface area contributed by atoms with Crippen molar-refractivity contribution in [2.24, 2.45) is 0 Å². The normalized spacial score (nSPS) is 12.1. The fraction of sp³-hybridized carbons (Fsp3) is 0.222. The molecule has 0 heterocycles. The summed E-state index contributed by atoms with van der Waals surface area (Å²) in [7, 11) is 0. The third kappa shape index (κ3) is 8.09. The Morgan fingerprint density at radius 2 is 1.15 bits per heavy atom. The number of hydrogen-bond donors (Lipinski definition) is 2. The first-order valence-electron chi connectivity index (χ1n) is 11.0. The molecule has 7 heteroatoms. The minimum absolute atomic E-state index is 0.0779. The SMILES string of the molecule is CC(NC(=O)C(Cc1ccccc1)NC(=O)OCc1ccccc1)C(=O)OCc1ccccc1. The summed E-state index contributed by atoms with van der Waals surface area (Å²) in [6.07, 6.45) is -0.488. The first-order valence-corrected chi connectivity index (χ1v) is 11.0. The minimum atomic E-state index is -0.935. The molecule has 3 rings (SSSR count). The van der Waals surface area contributed by atoms with Crippen LogP contribution in [0.1, 0.15) is 23.6 Å². The average molecular weight is 461 g/mol. The number of alkyl carbamates (subject to hydrolysis) is 1. The standard InChI is InChI=1S/C27H28N2O5/c1-20(26(31)33-18-22-13-7-3-8-14-22)28-25(30)24(17-21-11-5-2-6-12-21)29-27(32)34-19-23-15-9-4-10-16-23/h2-16,20,24H,17-19H2,1H3,(H,28,30)(H,29,32). The summed E-state index contributed by atoms with van der Waals surface area (Å²) in [5.41, 5.74) is 2.53. The first-order chi connectivity index (χ1) is 16.5. The topological polar surface area (TPSA) is 93.7 Å². The van der Waals surface area contributed by atoms with Crippen LogP contribution in [0.25, 0.3) is 0 Å². The summed E-state index contributed by atoms with van der Waals surface area (Å²) in [6, 6.07) is 26.0. The molecule has 0 fully saturated rings. The van der Waals surface area contributed by atoms with Gasteiger partial charge >= 0.3 is 12.1 Å². The van der Waals surface area contributed by atoms with Crippen molar-refractivity contribution >= 4 is 18.0 Å². The van der Waals surface area contributed by atoms with Gasteiger partial charge in [-0.15, -0.1) is 0 Å². The molecular formula is C27H28N2O5. The zero-order valence-electron chi connectivity index (χ0n) is 19.0. The highest BCUT2D eigenvalue weighted by atomic mass is 16.5. The van der Waals surface area contributed by atoms with Crippen molar-refractivity contribution in [2.75, 3.05) is 0 Å². The second-order valence-electron chi connectivity index (χ2n) is 7.77. The molecule has 2 unspecified atom stereocenters. The molecule has 0 radical (unpaired) electrons. The molecular weight excluding hydrogens is 432 g/mol. The highest BCUT2D eigenvalue weighted by Crippen LogP contribution is 2.07. The lowest BCUT2D eigenvalue weighted by Crippen LogP contribution is -2.52. The lowest BCUT2D eigenvalue weighted by Gasteiger charge is -2.21. The molecule has 3 aromatic rings. The van der Waals surface area contributed by atoms with Gasteiger partial charge in [0.05, 0.1) is 0 Å². The number of esters is 1. The summed E-state index contributed by atoms with van der Waals surface area (Å²) in [5, 5.41) is 5.24. The van der Waals surface area contributed by atoms with Crippen molar-refractivity contribution < 1.29 is 23.9 Å². The lowest BCUT2D eigenvalue weighted by molar-refractivity contribution is -0.148. The average Bonchev–Trinajstić information content (AvgIpc) is 2.87. The van der Waals surface area contributed by atoms with E-state index in [9.17, 15) is 14.4 Å². The molecule has 0 aliphatic carbocycles. The molecule has 0 bridgehead atoms. The number of benzene rings is 3. The summed E-state index contributed by atoms with van der Waals surface area (Å²) >= 11 is 0. The molecule has 0 saturated heterocycles. The fourth-order valence-electron chi connectivity index (χ4n) is 3.19. The molecule has 0 aliphatic rings. The first kappa shape index (κ1) is 24.5.